The molecule has 15 atom stereocenters. The quantitative estimate of drug-likeness (QED) is 0.106. The van der Waals surface area contributed by atoms with E-state index in [0.29, 0.717) is 63.4 Å². The van der Waals surface area contributed by atoms with Crippen molar-refractivity contribution >= 4 is 41.5 Å². The van der Waals surface area contributed by atoms with Crippen LogP contribution in [0.3, 0.4) is 0 Å². The van der Waals surface area contributed by atoms with Crippen molar-refractivity contribution in [3.8, 4) is 0 Å². The van der Waals surface area contributed by atoms with Gasteiger partial charge in [-0.1, -0.05) is 71.1 Å². The lowest BCUT2D eigenvalue weighted by atomic mass is 9.78. The number of hydrogen-bond donors (Lipinski definition) is 1. The second-order valence-corrected chi connectivity index (χ2v) is 20.7. The first-order chi connectivity index (χ1) is 34.6. The van der Waals surface area contributed by atoms with Crippen LogP contribution in [0.4, 0.5) is 9.59 Å². The summed E-state index contributed by atoms with van der Waals surface area (Å²) in [5.41, 5.74) is 1.20. The Balaban J connectivity index is 1.76. The number of nitrogens with zero attached hydrogens (tertiary/aromatic N) is 1. The molecule has 18 nitrogen and oxygen atoms in total. The Kier molecular flexibility index (Phi) is 24.0. The SMILES string of the molecule is COC(=O)O[C@@H]1/C(C)=C/[C@@H](C)C(=O)C[C@@H]([C@H](C)C[C@@H]2CC[C@@H](OC(=O)OC)[C@H](OC)C2)OC(=O)[C@@H]2CCCCN2C(=O)C(=O)[C@]2(O)O[C@@H](CC[C@H]2C)C[C@H](OC)/C(C)=C/C=C\C=C\[C@@H](C)C[C@@H](C)C(=O)[C@@H]1OC. The highest BCUT2D eigenvalue weighted by Crippen LogP contribution is 2.38. The second kappa shape index (κ2) is 28.8. The molecule has 3 fully saturated rings. The van der Waals surface area contributed by atoms with Crippen LogP contribution in [0.5, 0.6) is 0 Å². The lowest BCUT2D eigenvalue weighted by molar-refractivity contribution is -0.265. The minimum atomic E-state index is -2.47. The first-order valence-electron chi connectivity index (χ1n) is 25.9. The van der Waals surface area contributed by atoms with Crippen LogP contribution in [0.15, 0.2) is 47.6 Å². The number of allylic oxidation sites excluding steroid dienone is 6. The van der Waals surface area contributed by atoms with E-state index in [-0.39, 0.29) is 49.2 Å². The van der Waals surface area contributed by atoms with Crippen molar-refractivity contribution < 1.29 is 81.3 Å². The summed E-state index contributed by atoms with van der Waals surface area (Å²) in [7, 11) is 6.82. The summed E-state index contributed by atoms with van der Waals surface area (Å²) in [5, 5.41) is 12.0. The molecule has 0 radical (unpaired) electrons. The number of methoxy groups -OCH3 is 5. The fraction of sp³-hybridized carbons (Fsp3) is 0.727. The van der Waals surface area contributed by atoms with Crippen LogP contribution in [0.1, 0.15) is 126 Å². The molecule has 2 bridgehead atoms. The number of Topliss-reactive ketones (excluding diaryl/α,β-unsaturated/α-hetero) is 3. The van der Waals surface area contributed by atoms with Crippen LogP contribution < -0.4 is 0 Å². The zero-order valence-corrected chi connectivity index (χ0v) is 45.2. The molecule has 0 aromatic rings. The summed E-state index contributed by atoms with van der Waals surface area (Å²) in [6.45, 7) is 12.5. The summed E-state index contributed by atoms with van der Waals surface area (Å²) in [6.07, 6.45) is 8.21. The number of carbonyl (C=O) groups excluding carboxylic acids is 7. The van der Waals surface area contributed by atoms with Crippen molar-refractivity contribution in [3.63, 3.8) is 0 Å². The number of hydrogen-bond acceptors (Lipinski definition) is 17. The maximum absolute atomic E-state index is 14.6. The van der Waals surface area contributed by atoms with Gasteiger partial charge in [0.2, 0.25) is 5.79 Å². The highest BCUT2D eigenvalue weighted by Gasteiger charge is 2.53. The number of amides is 1. The summed E-state index contributed by atoms with van der Waals surface area (Å²) >= 11 is 0. The number of ketones is 3. The van der Waals surface area contributed by atoms with Crippen molar-refractivity contribution in [2.45, 2.75) is 180 Å². The van der Waals surface area contributed by atoms with E-state index in [9.17, 15) is 38.7 Å². The molecule has 0 aromatic heterocycles. The minimum absolute atomic E-state index is 0.00457. The fourth-order valence-electron chi connectivity index (χ4n) is 10.7. The molecule has 1 amide bonds. The van der Waals surface area contributed by atoms with Crippen molar-refractivity contribution in [1.82, 2.24) is 4.90 Å². The van der Waals surface area contributed by atoms with Crippen LogP contribution in [0, 0.1) is 35.5 Å². The third kappa shape index (κ3) is 16.6. The van der Waals surface area contributed by atoms with Crippen molar-refractivity contribution in [3.05, 3.63) is 47.6 Å². The first kappa shape index (κ1) is 60.8. The maximum atomic E-state index is 14.6. The zero-order chi connectivity index (χ0) is 54.2. The number of piperidine rings is 1. The summed E-state index contributed by atoms with van der Waals surface area (Å²) < 4.78 is 50.5. The Morgan fingerprint density at radius 2 is 1.48 bits per heavy atom. The molecular weight excluding hydrogens is 947 g/mol. The number of fused-ring (bicyclic) bond motifs is 3. The molecule has 2 saturated heterocycles. The molecule has 1 saturated carbocycles. The van der Waals surface area contributed by atoms with E-state index in [1.54, 1.807) is 40.9 Å². The molecule has 4 aliphatic rings. The molecule has 1 N–H and O–H groups in total. The monoisotopic (exact) mass is 1030 g/mol. The van der Waals surface area contributed by atoms with Crippen LogP contribution in [0.2, 0.25) is 0 Å². The Morgan fingerprint density at radius 1 is 0.781 bits per heavy atom. The predicted octanol–water partition coefficient (Wildman–Crippen LogP) is 7.76. The lowest BCUT2D eigenvalue weighted by Gasteiger charge is -2.42. The average molecular weight is 1030 g/mol. The normalized spacial score (nSPS) is 37.0. The zero-order valence-electron chi connectivity index (χ0n) is 45.2. The number of aliphatic hydroxyl groups is 1. The second-order valence-electron chi connectivity index (χ2n) is 20.7. The molecule has 73 heavy (non-hydrogen) atoms. The number of cyclic esters (lactones) is 1. The molecule has 1 aliphatic carbocycles. The van der Waals surface area contributed by atoms with E-state index in [4.69, 9.17) is 42.6 Å². The van der Waals surface area contributed by atoms with E-state index >= 15 is 0 Å². The molecule has 3 aliphatic heterocycles. The maximum Gasteiger partial charge on any atom is 0.508 e. The van der Waals surface area contributed by atoms with Gasteiger partial charge >= 0.3 is 18.3 Å². The van der Waals surface area contributed by atoms with Gasteiger partial charge in [-0.3, -0.25) is 19.2 Å². The van der Waals surface area contributed by atoms with Gasteiger partial charge in [-0.25, -0.2) is 14.4 Å². The lowest BCUT2D eigenvalue weighted by Crippen LogP contribution is -2.61. The van der Waals surface area contributed by atoms with Gasteiger partial charge in [-0.15, -0.1) is 0 Å². The Morgan fingerprint density at radius 3 is 2.14 bits per heavy atom. The third-order valence-corrected chi connectivity index (χ3v) is 15.2. The van der Waals surface area contributed by atoms with Gasteiger partial charge in [-0.2, -0.15) is 0 Å². The Labute approximate surface area is 431 Å². The van der Waals surface area contributed by atoms with Gasteiger partial charge in [-0.05, 0) is 107 Å². The average Bonchev–Trinajstić information content (AvgIpc) is 3.37. The Hall–Kier alpha value is -4.75. The molecule has 4 rings (SSSR count). The summed E-state index contributed by atoms with van der Waals surface area (Å²) in [6, 6.07) is -1.20. The van der Waals surface area contributed by atoms with Crippen molar-refractivity contribution in [1.29, 1.82) is 0 Å². The van der Waals surface area contributed by atoms with Gasteiger partial charge in [0, 0.05) is 58.5 Å². The molecule has 18 heteroatoms. The standard InChI is InChI=1S/C55H83NO17/c1-32-18-14-13-15-19-33(2)44(65-8)30-40-23-21-38(7)55(64,73-40)50(59)51(60)56-25-17-16-20-41(56)52(61)70-45(35(4)28-39-22-24-43(46(29-39)66-9)71-53(62)68-11)31-42(57)34(3)27-37(6)48(72-54(63)69-12)49(67-10)47(58)36(5)26-32/h13-15,18-19,27,32,34-36,38-41,43-46,48-49,64H,16-17,20-26,28-31H2,1-12H3/b15-13-,18-14+,33-19+,37-27+/t32-,34-,35-,36-,38-,39+,40+,41+,43-,44+,45+,46-,48-,49+,55-/m1/s1. The molecule has 410 valence electrons. The van der Waals surface area contributed by atoms with Gasteiger partial charge in [0.05, 0.1) is 32.5 Å². The van der Waals surface area contributed by atoms with E-state index in [2.05, 4.69) is 0 Å². The minimum Gasteiger partial charge on any atom is -0.460 e. The first-order valence-corrected chi connectivity index (χ1v) is 25.9. The van der Waals surface area contributed by atoms with Crippen LogP contribution >= 0.6 is 0 Å². The van der Waals surface area contributed by atoms with Gasteiger partial charge in [0.15, 0.2) is 18.0 Å². The van der Waals surface area contributed by atoms with E-state index in [0.717, 1.165) is 17.6 Å². The van der Waals surface area contributed by atoms with E-state index in [1.165, 1.54) is 21.3 Å². The highest BCUT2D eigenvalue weighted by atomic mass is 16.7. The largest absolute Gasteiger partial charge is 0.508 e. The molecule has 0 aromatic carbocycles. The molecule has 3 heterocycles. The molecular formula is C55H83NO17. The number of carbonyl (C=O) groups is 7. The number of ether oxygens (including phenoxy) is 9. The van der Waals surface area contributed by atoms with Crippen LogP contribution in [-0.4, -0.2) is 148 Å². The Bertz CT molecular complexity index is 2030. The summed E-state index contributed by atoms with van der Waals surface area (Å²) in [4.78, 5) is 97.7. The number of rotatable bonds is 8. The van der Waals surface area contributed by atoms with E-state index < -0.39 is 108 Å². The van der Waals surface area contributed by atoms with Crippen LogP contribution in [-0.2, 0) is 66.6 Å². The predicted molar refractivity (Wildman–Crippen MR) is 268 cm³/mol. The van der Waals surface area contributed by atoms with Gasteiger partial charge < -0.3 is 52.6 Å². The molecule has 0 spiro atoms. The molecule has 0 unspecified atom stereocenters. The van der Waals surface area contributed by atoms with Gasteiger partial charge in [0.1, 0.15) is 24.0 Å². The van der Waals surface area contributed by atoms with E-state index in [1.807, 2.05) is 51.2 Å². The number of esters is 1. The fourth-order valence-corrected chi connectivity index (χ4v) is 10.7. The third-order valence-electron chi connectivity index (χ3n) is 15.2. The van der Waals surface area contributed by atoms with Crippen molar-refractivity contribution in [2.75, 3.05) is 42.1 Å². The highest BCUT2D eigenvalue weighted by molar-refractivity contribution is 6.39. The topological polar surface area (TPSA) is 226 Å². The summed E-state index contributed by atoms with van der Waals surface area (Å²) in [5.74, 6) is -8.78. The van der Waals surface area contributed by atoms with Crippen molar-refractivity contribution in [2.24, 2.45) is 35.5 Å². The smallest absolute Gasteiger partial charge is 0.460 e. The van der Waals surface area contributed by atoms with Gasteiger partial charge in [0.25, 0.3) is 11.7 Å². The van der Waals surface area contributed by atoms with Crippen LogP contribution in [0.25, 0.3) is 0 Å².